The number of sulfonamides is 1. The second-order valence-corrected chi connectivity index (χ2v) is 7.75. The second kappa shape index (κ2) is 6.61. The van der Waals surface area contributed by atoms with Gasteiger partial charge in [0, 0.05) is 18.0 Å². The van der Waals surface area contributed by atoms with Crippen LogP contribution in [-0.4, -0.2) is 19.3 Å². The van der Waals surface area contributed by atoms with E-state index in [0.717, 1.165) is 24.0 Å². The number of rotatable bonds is 5. The molecule has 0 aliphatic heterocycles. The van der Waals surface area contributed by atoms with E-state index in [4.69, 9.17) is 4.42 Å². The maximum atomic E-state index is 12.9. The van der Waals surface area contributed by atoms with E-state index in [0.29, 0.717) is 10.8 Å². The lowest BCUT2D eigenvalue weighted by Crippen LogP contribution is -2.31. The normalized spacial score (nSPS) is 14.5. The van der Waals surface area contributed by atoms with Crippen molar-refractivity contribution in [2.45, 2.75) is 31.2 Å². The molecule has 1 aliphatic rings. The third-order valence-corrected chi connectivity index (χ3v) is 5.54. The van der Waals surface area contributed by atoms with Crippen molar-refractivity contribution in [1.82, 2.24) is 4.31 Å². The molecule has 0 radical (unpaired) electrons. The van der Waals surface area contributed by atoms with Crippen molar-refractivity contribution >= 4 is 10.0 Å². The maximum Gasteiger partial charge on any atom is 0.244 e. The quantitative estimate of drug-likeness (QED) is 0.792. The molecule has 4 nitrogen and oxygen atoms in total. The Morgan fingerprint density at radius 3 is 2.57 bits per heavy atom. The number of aryl methyl sites for hydroxylation is 1. The SMILES string of the molecule is Cc1ccc(S(=O)(=O)N(CC#CC2CC2)Cc2ccoc2)cc1. The standard InChI is InChI=1S/C18H19NO3S/c1-15-4-8-18(9-5-15)23(20,21)19(11-2-3-16-6-7-16)13-17-10-12-22-14-17/h4-5,8-10,12,14,16H,6-7,11,13H2,1H3. The molecule has 0 saturated heterocycles. The van der Waals surface area contributed by atoms with E-state index in [9.17, 15) is 8.42 Å². The van der Waals surface area contributed by atoms with Crippen LogP contribution in [0.4, 0.5) is 0 Å². The minimum Gasteiger partial charge on any atom is -0.472 e. The molecule has 2 aromatic rings. The average molecular weight is 329 g/mol. The Bertz CT molecular complexity index is 807. The van der Waals surface area contributed by atoms with Crippen molar-refractivity contribution in [1.29, 1.82) is 0 Å². The molecule has 0 N–H and O–H groups in total. The average Bonchev–Trinajstić information content (AvgIpc) is 3.20. The molecule has 1 saturated carbocycles. The Morgan fingerprint density at radius 2 is 1.96 bits per heavy atom. The fourth-order valence-corrected chi connectivity index (χ4v) is 3.51. The van der Waals surface area contributed by atoms with Crippen LogP contribution in [-0.2, 0) is 16.6 Å². The van der Waals surface area contributed by atoms with Crippen LogP contribution in [0.5, 0.6) is 0 Å². The molecule has 1 fully saturated rings. The molecule has 1 aliphatic carbocycles. The highest BCUT2D eigenvalue weighted by molar-refractivity contribution is 7.89. The van der Waals surface area contributed by atoms with Crippen molar-refractivity contribution in [3.63, 3.8) is 0 Å². The fraction of sp³-hybridized carbons (Fsp3) is 0.333. The topological polar surface area (TPSA) is 50.5 Å². The van der Waals surface area contributed by atoms with Crippen LogP contribution in [0.2, 0.25) is 0 Å². The number of furan rings is 1. The van der Waals surface area contributed by atoms with Crippen LogP contribution in [0.25, 0.3) is 0 Å². The van der Waals surface area contributed by atoms with Gasteiger partial charge in [-0.2, -0.15) is 4.31 Å². The van der Waals surface area contributed by atoms with Gasteiger partial charge in [-0.25, -0.2) is 8.42 Å². The van der Waals surface area contributed by atoms with Crippen LogP contribution < -0.4 is 0 Å². The molecule has 23 heavy (non-hydrogen) atoms. The second-order valence-electron chi connectivity index (χ2n) is 5.81. The number of hydrogen-bond acceptors (Lipinski definition) is 3. The molecule has 120 valence electrons. The molecule has 1 aromatic heterocycles. The predicted molar refractivity (Wildman–Crippen MR) is 88.0 cm³/mol. The van der Waals surface area contributed by atoms with Crippen molar-refractivity contribution in [2.24, 2.45) is 5.92 Å². The lowest BCUT2D eigenvalue weighted by molar-refractivity contribution is 0.440. The molecule has 5 heteroatoms. The Kier molecular flexibility index (Phi) is 4.56. The van der Waals surface area contributed by atoms with Gasteiger partial charge in [-0.05, 0) is 38.0 Å². The van der Waals surface area contributed by atoms with Crippen LogP contribution in [0, 0.1) is 24.7 Å². The summed E-state index contributed by atoms with van der Waals surface area (Å²) in [6, 6.07) is 8.66. The molecular formula is C18H19NO3S. The Labute approximate surface area is 137 Å². The van der Waals surface area contributed by atoms with Crippen LogP contribution in [0.3, 0.4) is 0 Å². The highest BCUT2D eigenvalue weighted by Crippen LogP contribution is 2.27. The third-order valence-electron chi connectivity index (χ3n) is 3.74. The van der Waals surface area contributed by atoms with Gasteiger partial charge in [-0.15, -0.1) is 0 Å². The van der Waals surface area contributed by atoms with Gasteiger partial charge in [0.25, 0.3) is 0 Å². The summed E-state index contributed by atoms with van der Waals surface area (Å²) in [7, 11) is -3.58. The molecule has 0 unspecified atom stereocenters. The number of nitrogens with zero attached hydrogens (tertiary/aromatic N) is 1. The monoisotopic (exact) mass is 329 g/mol. The van der Waals surface area contributed by atoms with Gasteiger partial charge in [0.05, 0.1) is 24.0 Å². The maximum absolute atomic E-state index is 12.9. The van der Waals surface area contributed by atoms with Crippen LogP contribution >= 0.6 is 0 Å². The summed E-state index contributed by atoms with van der Waals surface area (Å²) < 4.78 is 32.2. The zero-order valence-electron chi connectivity index (χ0n) is 13.0. The van der Waals surface area contributed by atoms with E-state index < -0.39 is 10.0 Å². The summed E-state index contributed by atoms with van der Waals surface area (Å²) in [6.45, 7) is 2.38. The van der Waals surface area contributed by atoms with Gasteiger partial charge in [-0.3, -0.25) is 0 Å². The smallest absolute Gasteiger partial charge is 0.244 e. The largest absolute Gasteiger partial charge is 0.472 e. The molecule has 1 heterocycles. The summed E-state index contributed by atoms with van der Waals surface area (Å²) >= 11 is 0. The highest BCUT2D eigenvalue weighted by Gasteiger charge is 2.24. The molecular weight excluding hydrogens is 310 g/mol. The summed E-state index contributed by atoms with van der Waals surface area (Å²) in [6.07, 6.45) is 5.35. The molecule has 0 atom stereocenters. The Morgan fingerprint density at radius 1 is 1.22 bits per heavy atom. The molecule has 0 spiro atoms. The molecule has 1 aromatic carbocycles. The number of benzene rings is 1. The van der Waals surface area contributed by atoms with E-state index in [1.807, 2.05) is 6.92 Å². The summed E-state index contributed by atoms with van der Waals surface area (Å²) in [5.41, 5.74) is 1.84. The minimum atomic E-state index is -3.58. The third kappa shape index (κ3) is 4.04. The summed E-state index contributed by atoms with van der Waals surface area (Å²) in [5.74, 6) is 6.58. The fourth-order valence-electron chi connectivity index (χ4n) is 2.18. The van der Waals surface area contributed by atoms with Gasteiger partial charge in [0.1, 0.15) is 0 Å². The molecule has 0 amide bonds. The van der Waals surface area contributed by atoms with E-state index in [-0.39, 0.29) is 13.1 Å². The van der Waals surface area contributed by atoms with E-state index in [1.54, 1.807) is 42.9 Å². The van der Waals surface area contributed by atoms with Crippen molar-refractivity contribution < 1.29 is 12.8 Å². The van der Waals surface area contributed by atoms with Gasteiger partial charge < -0.3 is 4.42 Å². The summed E-state index contributed by atoms with van der Waals surface area (Å²) in [5, 5.41) is 0. The zero-order chi connectivity index (χ0) is 16.3. The minimum absolute atomic E-state index is 0.192. The zero-order valence-corrected chi connectivity index (χ0v) is 13.8. The first-order valence-corrected chi connectivity index (χ1v) is 9.06. The summed E-state index contributed by atoms with van der Waals surface area (Å²) in [4.78, 5) is 0.291. The lowest BCUT2D eigenvalue weighted by atomic mass is 10.2. The van der Waals surface area contributed by atoms with Crippen molar-refractivity contribution in [2.75, 3.05) is 6.54 Å². The van der Waals surface area contributed by atoms with Crippen LogP contribution in [0.1, 0.15) is 24.0 Å². The lowest BCUT2D eigenvalue weighted by Gasteiger charge is -2.19. The Balaban J connectivity index is 1.85. The predicted octanol–water partition coefficient (Wildman–Crippen LogP) is 3.19. The van der Waals surface area contributed by atoms with Crippen molar-refractivity contribution in [3.8, 4) is 11.8 Å². The molecule has 3 rings (SSSR count). The van der Waals surface area contributed by atoms with Gasteiger partial charge in [0.15, 0.2) is 0 Å². The van der Waals surface area contributed by atoms with E-state index in [1.165, 1.54) is 4.31 Å². The first-order chi connectivity index (χ1) is 11.1. The highest BCUT2D eigenvalue weighted by atomic mass is 32.2. The van der Waals surface area contributed by atoms with Gasteiger partial charge >= 0.3 is 0 Å². The first kappa shape index (κ1) is 15.9. The molecule has 0 bridgehead atoms. The van der Waals surface area contributed by atoms with Gasteiger partial charge in [0.2, 0.25) is 10.0 Å². The van der Waals surface area contributed by atoms with E-state index in [2.05, 4.69) is 11.8 Å². The van der Waals surface area contributed by atoms with Crippen molar-refractivity contribution in [3.05, 3.63) is 54.0 Å². The van der Waals surface area contributed by atoms with Crippen LogP contribution in [0.15, 0.2) is 52.2 Å². The van der Waals surface area contributed by atoms with Gasteiger partial charge in [-0.1, -0.05) is 29.5 Å². The number of hydrogen-bond donors (Lipinski definition) is 0. The Hall–Kier alpha value is -2.03. The first-order valence-electron chi connectivity index (χ1n) is 7.62. The van der Waals surface area contributed by atoms with E-state index >= 15 is 0 Å².